The number of rotatable bonds is 6. The summed E-state index contributed by atoms with van der Waals surface area (Å²) in [5, 5.41) is 13.0. The molecule has 0 spiro atoms. The van der Waals surface area contributed by atoms with Gasteiger partial charge in [0.2, 0.25) is 0 Å². The monoisotopic (exact) mass is 481 g/mol. The van der Waals surface area contributed by atoms with Crippen LogP contribution in [0.15, 0.2) is 40.2 Å². The van der Waals surface area contributed by atoms with E-state index in [1.165, 1.54) is 11.8 Å². The Bertz CT molecular complexity index is 1100. The number of halogens is 3. The third kappa shape index (κ3) is 5.41. The standard InChI is InChI=1S/C20H14Cl3N3O3S/c1-2-28-16-8-11(7-14(23)18(16)29-6-5-24)9-17-19(27)26-20(30-17)25-15-4-3-12(21)10-13(15)22/h3-4,7-10H,2,6H2,1H3,(H,25,26,27)/b17-9-. The molecule has 3 rings (SSSR count). The Morgan fingerprint density at radius 1 is 1.20 bits per heavy atom. The quantitative estimate of drug-likeness (QED) is 0.523. The van der Waals surface area contributed by atoms with Gasteiger partial charge in [-0.3, -0.25) is 4.79 Å². The minimum absolute atomic E-state index is 0.161. The van der Waals surface area contributed by atoms with E-state index in [-0.39, 0.29) is 23.3 Å². The summed E-state index contributed by atoms with van der Waals surface area (Å²) in [5.74, 6) is 0.366. The number of carbonyl (C=O) groups is 1. The van der Waals surface area contributed by atoms with E-state index in [9.17, 15) is 4.79 Å². The number of amides is 1. The van der Waals surface area contributed by atoms with Crippen LogP contribution >= 0.6 is 46.6 Å². The largest absolute Gasteiger partial charge is 0.490 e. The SMILES string of the molecule is CCOc1cc(/C=C2\SC(=Nc3ccc(Cl)cc3Cl)NC2=O)cc(Cl)c1OCC#N. The molecule has 0 saturated carbocycles. The number of hydrogen-bond acceptors (Lipinski definition) is 6. The molecule has 0 radical (unpaired) electrons. The van der Waals surface area contributed by atoms with E-state index in [4.69, 9.17) is 49.5 Å². The van der Waals surface area contributed by atoms with Crippen LogP contribution < -0.4 is 14.8 Å². The van der Waals surface area contributed by atoms with Crippen molar-refractivity contribution in [2.24, 2.45) is 4.99 Å². The lowest BCUT2D eigenvalue weighted by atomic mass is 10.2. The average Bonchev–Trinajstić information content (AvgIpc) is 3.02. The summed E-state index contributed by atoms with van der Waals surface area (Å²) < 4.78 is 10.9. The Labute approximate surface area is 192 Å². The number of thioether (sulfide) groups is 1. The highest BCUT2D eigenvalue weighted by molar-refractivity contribution is 8.18. The van der Waals surface area contributed by atoms with Crippen molar-refractivity contribution in [2.45, 2.75) is 6.92 Å². The average molecular weight is 483 g/mol. The molecular formula is C20H14Cl3N3O3S. The van der Waals surface area contributed by atoms with E-state index >= 15 is 0 Å². The number of nitriles is 1. The first-order valence-corrected chi connectivity index (χ1v) is 10.6. The maximum Gasteiger partial charge on any atom is 0.264 e. The molecule has 2 aromatic rings. The fraction of sp³-hybridized carbons (Fsp3) is 0.150. The van der Waals surface area contributed by atoms with Crippen LogP contribution in [0.3, 0.4) is 0 Å². The molecule has 10 heteroatoms. The zero-order valence-electron chi connectivity index (χ0n) is 15.5. The van der Waals surface area contributed by atoms with E-state index in [0.29, 0.717) is 43.7 Å². The fourth-order valence-corrected chi connectivity index (χ4v) is 4.05. The molecule has 154 valence electrons. The van der Waals surface area contributed by atoms with Gasteiger partial charge in [-0.1, -0.05) is 34.8 Å². The maximum absolute atomic E-state index is 12.4. The topological polar surface area (TPSA) is 83.7 Å². The first-order chi connectivity index (χ1) is 14.4. The van der Waals surface area contributed by atoms with Gasteiger partial charge < -0.3 is 14.8 Å². The van der Waals surface area contributed by atoms with Gasteiger partial charge in [0.15, 0.2) is 23.3 Å². The van der Waals surface area contributed by atoms with Gasteiger partial charge in [0.05, 0.1) is 27.2 Å². The van der Waals surface area contributed by atoms with Crippen LogP contribution in [0.1, 0.15) is 12.5 Å². The maximum atomic E-state index is 12.4. The van der Waals surface area contributed by atoms with Gasteiger partial charge in [-0.15, -0.1) is 0 Å². The smallest absolute Gasteiger partial charge is 0.264 e. The molecule has 1 aliphatic rings. The van der Waals surface area contributed by atoms with Crippen LogP contribution in [0.4, 0.5) is 5.69 Å². The number of nitrogens with zero attached hydrogens (tertiary/aromatic N) is 2. The summed E-state index contributed by atoms with van der Waals surface area (Å²) in [6.45, 7) is 2.04. The van der Waals surface area contributed by atoms with Crippen molar-refractivity contribution in [1.82, 2.24) is 5.32 Å². The lowest BCUT2D eigenvalue weighted by Crippen LogP contribution is -2.19. The van der Waals surface area contributed by atoms with E-state index in [1.807, 2.05) is 13.0 Å². The molecule has 2 aromatic carbocycles. The van der Waals surface area contributed by atoms with Gasteiger partial charge in [-0.05, 0) is 60.7 Å². The number of aliphatic imine (C=N–C) groups is 1. The number of amidine groups is 1. The predicted octanol–water partition coefficient (Wildman–Crippen LogP) is 5.84. The van der Waals surface area contributed by atoms with E-state index in [1.54, 1.807) is 36.4 Å². The molecule has 30 heavy (non-hydrogen) atoms. The third-order valence-corrected chi connectivity index (χ3v) is 5.42. The molecule has 0 aliphatic carbocycles. The van der Waals surface area contributed by atoms with Crippen molar-refractivity contribution in [1.29, 1.82) is 5.26 Å². The highest BCUT2D eigenvalue weighted by atomic mass is 35.5. The number of ether oxygens (including phenoxy) is 2. The second-order valence-corrected chi connectivity index (χ2v) is 8.07. The van der Waals surface area contributed by atoms with Crippen molar-refractivity contribution < 1.29 is 14.3 Å². The zero-order valence-corrected chi connectivity index (χ0v) is 18.6. The van der Waals surface area contributed by atoms with Crippen LogP contribution in [0.2, 0.25) is 15.1 Å². The van der Waals surface area contributed by atoms with Gasteiger partial charge in [0.25, 0.3) is 5.91 Å². The van der Waals surface area contributed by atoms with Gasteiger partial charge in [0, 0.05) is 5.02 Å². The van der Waals surface area contributed by atoms with Crippen molar-refractivity contribution in [3.63, 3.8) is 0 Å². The first kappa shape index (κ1) is 22.3. The molecule has 0 atom stereocenters. The van der Waals surface area contributed by atoms with Crippen molar-refractivity contribution in [3.8, 4) is 17.6 Å². The lowest BCUT2D eigenvalue weighted by Gasteiger charge is -2.12. The minimum atomic E-state index is -0.303. The Hall–Kier alpha value is -2.37. The van der Waals surface area contributed by atoms with Crippen molar-refractivity contribution in [2.75, 3.05) is 13.2 Å². The molecule has 1 amide bonds. The molecule has 0 bridgehead atoms. The molecular weight excluding hydrogens is 469 g/mol. The number of hydrogen-bond donors (Lipinski definition) is 1. The first-order valence-electron chi connectivity index (χ1n) is 8.62. The Balaban J connectivity index is 1.88. The van der Waals surface area contributed by atoms with Gasteiger partial charge >= 0.3 is 0 Å². The molecule has 0 unspecified atom stereocenters. The normalized spacial score (nSPS) is 15.9. The summed E-state index contributed by atoms with van der Waals surface area (Å²) in [5.41, 5.74) is 1.13. The van der Waals surface area contributed by atoms with Crippen LogP contribution in [0, 0.1) is 11.3 Å². The molecule has 1 saturated heterocycles. The van der Waals surface area contributed by atoms with Crippen LogP contribution in [0.5, 0.6) is 11.5 Å². The van der Waals surface area contributed by atoms with Crippen LogP contribution in [-0.4, -0.2) is 24.3 Å². The minimum Gasteiger partial charge on any atom is -0.490 e. The molecule has 1 fully saturated rings. The molecule has 6 nitrogen and oxygen atoms in total. The fourth-order valence-electron chi connectivity index (χ4n) is 2.49. The van der Waals surface area contributed by atoms with Gasteiger partial charge in [-0.2, -0.15) is 5.26 Å². The van der Waals surface area contributed by atoms with E-state index < -0.39 is 0 Å². The molecule has 1 heterocycles. The summed E-state index contributed by atoms with van der Waals surface area (Å²) in [4.78, 5) is 17.1. The molecule has 1 N–H and O–H groups in total. The highest BCUT2D eigenvalue weighted by Crippen LogP contribution is 2.38. The third-order valence-electron chi connectivity index (χ3n) is 3.69. The van der Waals surface area contributed by atoms with Crippen LogP contribution in [-0.2, 0) is 4.79 Å². The zero-order chi connectivity index (χ0) is 21.7. The van der Waals surface area contributed by atoms with Crippen molar-refractivity contribution in [3.05, 3.63) is 55.9 Å². The Morgan fingerprint density at radius 3 is 2.70 bits per heavy atom. The number of carbonyl (C=O) groups excluding carboxylic acids is 1. The highest BCUT2D eigenvalue weighted by Gasteiger charge is 2.24. The van der Waals surface area contributed by atoms with E-state index in [2.05, 4.69) is 10.3 Å². The second kappa shape index (κ2) is 10.1. The second-order valence-electron chi connectivity index (χ2n) is 5.79. The Morgan fingerprint density at radius 2 is 2.00 bits per heavy atom. The van der Waals surface area contributed by atoms with Crippen LogP contribution in [0.25, 0.3) is 6.08 Å². The molecule has 1 aliphatic heterocycles. The lowest BCUT2D eigenvalue weighted by molar-refractivity contribution is -0.115. The summed E-state index contributed by atoms with van der Waals surface area (Å²) >= 11 is 19.5. The summed E-state index contributed by atoms with van der Waals surface area (Å²) in [6.07, 6.45) is 1.66. The number of benzene rings is 2. The van der Waals surface area contributed by atoms with E-state index in [0.717, 1.165) is 0 Å². The van der Waals surface area contributed by atoms with Gasteiger partial charge in [0.1, 0.15) is 6.07 Å². The molecule has 0 aromatic heterocycles. The summed E-state index contributed by atoms with van der Waals surface area (Å²) in [7, 11) is 0. The summed E-state index contributed by atoms with van der Waals surface area (Å²) in [6, 6.07) is 10.1. The number of nitrogens with one attached hydrogen (secondary N) is 1. The predicted molar refractivity (Wildman–Crippen MR) is 121 cm³/mol. The van der Waals surface area contributed by atoms with Crippen molar-refractivity contribution >= 4 is 69.4 Å². The van der Waals surface area contributed by atoms with Gasteiger partial charge in [-0.25, -0.2) is 4.99 Å². The Kier molecular flexibility index (Phi) is 7.51.